The highest BCUT2D eigenvalue weighted by Crippen LogP contribution is 2.36. The summed E-state index contributed by atoms with van der Waals surface area (Å²) in [5.74, 6) is -0.692. The molecule has 2 amide bonds. The molecule has 0 N–H and O–H groups in total. The monoisotopic (exact) mass is 518 g/mol. The van der Waals surface area contributed by atoms with Gasteiger partial charge in [0.05, 0.1) is 11.1 Å². The number of carbonyl (C=O) groups excluding carboxylic acids is 2. The van der Waals surface area contributed by atoms with E-state index in [1.165, 1.54) is 18.5 Å². The zero-order valence-electron chi connectivity index (χ0n) is 22.9. The van der Waals surface area contributed by atoms with E-state index >= 15 is 0 Å². The van der Waals surface area contributed by atoms with Crippen molar-refractivity contribution in [2.45, 2.75) is 59.6 Å². The van der Waals surface area contributed by atoms with E-state index in [2.05, 4.69) is 9.97 Å². The zero-order chi connectivity index (χ0) is 27.6. The van der Waals surface area contributed by atoms with E-state index in [9.17, 15) is 14.0 Å². The summed E-state index contributed by atoms with van der Waals surface area (Å²) in [6.07, 6.45) is 5.54. The highest BCUT2D eigenvalue weighted by Gasteiger charge is 2.26. The normalized spacial score (nSPS) is 14.0. The molecule has 0 unspecified atom stereocenters. The number of hydrogen-bond donors (Lipinski definition) is 0. The van der Waals surface area contributed by atoms with Crippen LogP contribution in [0.3, 0.4) is 0 Å². The summed E-state index contributed by atoms with van der Waals surface area (Å²) in [5.41, 5.74) is 3.87. The van der Waals surface area contributed by atoms with Crippen molar-refractivity contribution < 1.29 is 18.7 Å². The lowest BCUT2D eigenvalue weighted by Gasteiger charge is -2.30. The first kappa shape index (κ1) is 27.2. The second kappa shape index (κ2) is 10.9. The summed E-state index contributed by atoms with van der Waals surface area (Å²) in [6.45, 7) is 12.8. The van der Waals surface area contributed by atoms with Crippen LogP contribution in [0, 0.1) is 5.82 Å². The van der Waals surface area contributed by atoms with Gasteiger partial charge in [-0.3, -0.25) is 4.79 Å². The van der Waals surface area contributed by atoms with Gasteiger partial charge in [-0.15, -0.1) is 0 Å². The van der Waals surface area contributed by atoms with Gasteiger partial charge in [0.1, 0.15) is 17.7 Å². The number of amides is 2. The Bertz CT molecular complexity index is 1390. The quantitative estimate of drug-likeness (QED) is 0.395. The molecule has 0 bridgehead atoms. The predicted octanol–water partition coefficient (Wildman–Crippen LogP) is 6.33. The molecule has 1 aliphatic heterocycles. The van der Waals surface area contributed by atoms with E-state index in [0.29, 0.717) is 37.2 Å². The molecule has 1 aliphatic rings. The Kier molecular flexibility index (Phi) is 7.81. The van der Waals surface area contributed by atoms with Crippen LogP contribution in [0.5, 0.6) is 0 Å². The van der Waals surface area contributed by atoms with Gasteiger partial charge in [-0.2, -0.15) is 0 Å². The van der Waals surface area contributed by atoms with Gasteiger partial charge in [0.25, 0.3) is 5.91 Å². The van der Waals surface area contributed by atoms with Gasteiger partial charge in [-0.1, -0.05) is 12.1 Å². The first-order chi connectivity index (χ1) is 18.0. The molecule has 0 saturated carbocycles. The molecule has 7 nitrogen and oxygen atoms in total. The van der Waals surface area contributed by atoms with E-state index in [0.717, 1.165) is 27.6 Å². The maximum absolute atomic E-state index is 14.4. The second-order valence-electron chi connectivity index (χ2n) is 10.8. The first-order valence-electron chi connectivity index (χ1n) is 13.0. The molecule has 38 heavy (non-hydrogen) atoms. The Morgan fingerprint density at radius 2 is 1.92 bits per heavy atom. The van der Waals surface area contributed by atoms with Crippen molar-refractivity contribution in [2.24, 2.45) is 0 Å². The van der Waals surface area contributed by atoms with Gasteiger partial charge in [0.2, 0.25) is 0 Å². The van der Waals surface area contributed by atoms with E-state index in [-0.39, 0.29) is 18.0 Å². The maximum Gasteiger partial charge on any atom is 0.410 e. The molecule has 8 heteroatoms. The average molecular weight is 519 g/mol. The number of ether oxygens (including phenoxy) is 1. The highest BCUT2D eigenvalue weighted by molar-refractivity contribution is 6.06. The lowest BCUT2D eigenvalue weighted by Crippen LogP contribution is -2.39. The summed E-state index contributed by atoms with van der Waals surface area (Å²) < 4.78 is 20.0. The van der Waals surface area contributed by atoms with E-state index in [1.807, 2.05) is 59.8 Å². The van der Waals surface area contributed by atoms with Crippen molar-refractivity contribution in [1.29, 1.82) is 0 Å². The third kappa shape index (κ3) is 5.85. The first-order valence-corrected chi connectivity index (χ1v) is 13.0. The minimum atomic E-state index is -0.554. The zero-order valence-corrected chi connectivity index (χ0v) is 22.9. The number of carbonyl (C=O) groups is 2. The predicted molar refractivity (Wildman–Crippen MR) is 147 cm³/mol. The molecule has 0 radical (unpaired) electrons. The van der Waals surface area contributed by atoms with Crippen molar-refractivity contribution in [3.63, 3.8) is 0 Å². The van der Waals surface area contributed by atoms with Gasteiger partial charge >= 0.3 is 6.09 Å². The second-order valence-corrected chi connectivity index (χ2v) is 10.8. The van der Waals surface area contributed by atoms with Crippen LogP contribution in [-0.4, -0.2) is 63.0 Å². The fourth-order valence-electron chi connectivity index (χ4n) is 4.74. The van der Waals surface area contributed by atoms with Crippen LogP contribution in [0.1, 0.15) is 63.9 Å². The highest BCUT2D eigenvalue weighted by atomic mass is 19.1. The number of rotatable bonds is 5. The molecule has 200 valence electrons. The average Bonchev–Trinajstić information content (AvgIpc) is 2.87. The van der Waals surface area contributed by atoms with Crippen LogP contribution in [0.2, 0.25) is 0 Å². The summed E-state index contributed by atoms with van der Waals surface area (Å²) in [5, 5.41) is 0.774. The molecule has 0 saturated heterocycles. The van der Waals surface area contributed by atoms with Crippen LogP contribution in [0.25, 0.3) is 27.6 Å². The number of halogens is 1. The van der Waals surface area contributed by atoms with Crippen LogP contribution >= 0.6 is 0 Å². The Morgan fingerprint density at radius 3 is 2.55 bits per heavy atom. The van der Waals surface area contributed by atoms with E-state index < -0.39 is 11.4 Å². The number of aromatic nitrogens is 2. The fraction of sp³-hybridized carbons (Fsp3) is 0.400. The topological polar surface area (TPSA) is 75.6 Å². The Balaban J connectivity index is 1.78. The summed E-state index contributed by atoms with van der Waals surface area (Å²) in [7, 11) is 0. The Morgan fingerprint density at radius 1 is 1.16 bits per heavy atom. The van der Waals surface area contributed by atoms with E-state index in [1.54, 1.807) is 22.1 Å². The number of benzene rings is 2. The molecular weight excluding hydrogens is 483 g/mol. The minimum Gasteiger partial charge on any atom is -0.444 e. The third-order valence-electron chi connectivity index (χ3n) is 6.58. The van der Waals surface area contributed by atoms with Crippen molar-refractivity contribution in [3.8, 4) is 11.1 Å². The van der Waals surface area contributed by atoms with Crippen molar-refractivity contribution in [3.05, 3.63) is 65.9 Å². The lowest BCUT2D eigenvalue weighted by molar-refractivity contribution is 0.0270. The molecule has 0 fully saturated rings. The summed E-state index contributed by atoms with van der Waals surface area (Å²) in [6, 6.07) is 8.31. The van der Waals surface area contributed by atoms with Crippen molar-refractivity contribution in [2.75, 3.05) is 19.6 Å². The van der Waals surface area contributed by atoms with Crippen LogP contribution in [0.4, 0.5) is 9.18 Å². The fourth-order valence-corrected chi connectivity index (χ4v) is 4.74. The molecular formula is C30H35FN4O3. The molecule has 1 aromatic heterocycles. The number of hydrogen-bond acceptors (Lipinski definition) is 5. The van der Waals surface area contributed by atoms with Gasteiger partial charge in [-0.25, -0.2) is 19.2 Å². The van der Waals surface area contributed by atoms with Crippen LogP contribution in [0.15, 0.2) is 48.9 Å². The Labute approximate surface area is 223 Å². The van der Waals surface area contributed by atoms with Crippen LogP contribution < -0.4 is 0 Å². The number of fused-ring (bicyclic) bond motifs is 1. The van der Waals surface area contributed by atoms with Gasteiger partial charge in [0, 0.05) is 37.3 Å². The van der Waals surface area contributed by atoms with Crippen molar-refractivity contribution >= 4 is 28.5 Å². The molecule has 0 spiro atoms. The molecule has 0 aliphatic carbocycles. The minimum absolute atomic E-state index is 0.0321. The van der Waals surface area contributed by atoms with Gasteiger partial charge in [-0.05, 0) is 94.5 Å². The Hall–Kier alpha value is -3.81. The van der Waals surface area contributed by atoms with E-state index in [4.69, 9.17) is 4.74 Å². The lowest BCUT2D eigenvalue weighted by atomic mass is 9.90. The van der Waals surface area contributed by atoms with Crippen molar-refractivity contribution in [1.82, 2.24) is 19.8 Å². The molecule has 2 heterocycles. The molecule has 4 rings (SSSR count). The molecule has 0 atom stereocenters. The SMILES string of the molecule is CCN(C(=O)c1cc(F)ccc1-c1cc(C2=CCN(C(=O)OC(C)(C)C)CC2)cc2ncncc12)C(C)C. The molecule has 3 aromatic rings. The molecule has 2 aromatic carbocycles. The van der Waals surface area contributed by atoms with Crippen LogP contribution in [-0.2, 0) is 4.74 Å². The largest absolute Gasteiger partial charge is 0.444 e. The summed E-state index contributed by atoms with van der Waals surface area (Å²) in [4.78, 5) is 38.2. The van der Waals surface area contributed by atoms with Gasteiger partial charge < -0.3 is 14.5 Å². The van der Waals surface area contributed by atoms with Gasteiger partial charge in [0.15, 0.2) is 0 Å². The third-order valence-corrected chi connectivity index (χ3v) is 6.58. The number of nitrogens with zero attached hydrogens (tertiary/aromatic N) is 4. The maximum atomic E-state index is 14.4. The standard InChI is InChI=1S/C30H35FN4O3/c1-7-35(19(2)3)28(36)25-16-22(31)8-9-23(25)24-14-21(15-27-26(24)17-32-18-33-27)20-10-12-34(13-11-20)29(37)38-30(4,5)6/h8-10,14-19H,7,11-13H2,1-6H3. The summed E-state index contributed by atoms with van der Waals surface area (Å²) >= 11 is 0. The smallest absolute Gasteiger partial charge is 0.410 e.